The second-order valence-corrected chi connectivity index (χ2v) is 6.76. The Morgan fingerprint density at radius 2 is 2.11 bits per heavy atom. The number of H-pyrrole nitrogens is 1. The number of aliphatic hydroxyl groups excluding tert-OH is 1. The summed E-state index contributed by atoms with van der Waals surface area (Å²) in [6.07, 6.45) is 6.60. The molecule has 19 heavy (non-hydrogen) atoms. The van der Waals surface area contributed by atoms with Gasteiger partial charge in [0.15, 0.2) is 0 Å². The lowest BCUT2D eigenvalue weighted by molar-refractivity contribution is 0.109. The molecular formula is C15H27N3O. The highest BCUT2D eigenvalue weighted by Gasteiger charge is 2.23. The maximum absolute atomic E-state index is 10.1. The Bertz CT molecular complexity index is 388. The van der Waals surface area contributed by atoms with Gasteiger partial charge in [-0.2, -0.15) is 5.10 Å². The van der Waals surface area contributed by atoms with Crippen LogP contribution >= 0.6 is 0 Å². The van der Waals surface area contributed by atoms with E-state index in [1.165, 1.54) is 36.9 Å². The van der Waals surface area contributed by atoms with Crippen LogP contribution in [0.3, 0.4) is 0 Å². The summed E-state index contributed by atoms with van der Waals surface area (Å²) in [5.74, 6) is 0.499. The molecule has 1 aliphatic rings. The van der Waals surface area contributed by atoms with Gasteiger partial charge in [-0.25, -0.2) is 0 Å². The average molecular weight is 265 g/mol. The molecule has 1 heterocycles. The molecule has 0 bridgehead atoms. The van der Waals surface area contributed by atoms with Gasteiger partial charge in [-0.3, -0.25) is 5.10 Å². The van der Waals surface area contributed by atoms with Gasteiger partial charge in [-0.1, -0.05) is 33.6 Å². The van der Waals surface area contributed by atoms with E-state index in [9.17, 15) is 5.11 Å². The fourth-order valence-corrected chi connectivity index (χ4v) is 2.96. The highest BCUT2D eigenvalue weighted by Crippen LogP contribution is 2.27. The number of nitrogens with zero attached hydrogens (tertiary/aromatic N) is 1. The molecule has 0 amide bonds. The van der Waals surface area contributed by atoms with Crippen molar-refractivity contribution in [2.45, 2.75) is 64.5 Å². The Labute approximate surface area is 116 Å². The summed E-state index contributed by atoms with van der Waals surface area (Å²) in [6.45, 7) is 7.98. The number of nitrogens with one attached hydrogen (secondary N) is 2. The minimum atomic E-state index is -0.201. The maximum atomic E-state index is 10.1. The van der Waals surface area contributed by atoms with Gasteiger partial charge < -0.3 is 10.4 Å². The Balaban J connectivity index is 1.81. The van der Waals surface area contributed by atoms with Crippen LogP contribution in [-0.2, 0) is 12.0 Å². The molecule has 2 rings (SSSR count). The first kappa shape index (κ1) is 14.5. The summed E-state index contributed by atoms with van der Waals surface area (Å²) in [4.78, 5) is 0. The monoisotopic (exact) mass is 265 g/mol. The normalized spacial score (nSPS) is 18.9. The van der Waals surface area contributed by atoms with Gasteiger partial charge in [0.2, 0.25) is 0 Å². The smallest absolute Gasteiger partial charge is 0.0692 e. The van der Waals surface area contributed by atoms with Crippen molar-refractivity contribution in [3.05, 3.63) is 17.5 Å². The van der Waals surface area contributed by atoms with Crippen LogP contribution in [0.15, 0.2) is 6.20 Å². The molecule has 1 atom stereocenters. The first-order chi connectivity index (χ1) is 8.98. The van der Waals surface area contributed by atoms with Crippen LogP contribution in [-0.4, -0.2) is 28.0 Å². The standard InChI is InChI=1S/C15H27N3O/c1-15(2,3)14-12(9-17-18-14)8-16-10-13(19)11-6-4-5-7-11/h9,11,13,16,19H,4-8,10H2,1-3H3,(H,17,18). The van der Waals surface area contributed by atoms with Crippen molar-refractivity contribution in [1.29, 1.82) is 0 Å². The van der Waals surface area contributed by atoms with Crippen molar-refractivity contribution in [2.24, 2.45) is 5.92 Å². The highest BCUT2D eigenvalue weighted by molar-refractivity contribution is 5.23. The summed E-state index contributed by atoms with van der Waals surface area (Å²) in [5, 5.41) is 20.7. The molecule has 1 fully saturated rings. The number of aromatic nitrogens is 2. The predicted molar refractivity (Wildman–Crippen MR) is 77.0 cm³/mol. The maximum Gasteiger partial charge on any atom is 0.0692 e. The summed E-state index contributed by atoms with van der Waals surface area (Å²) >= 11 is 0. The van der Waals surface area contributed by atoms with Crippen LogP contribution in [0.25, 0.3) is 0 Å². The number of hydrogen-bond acceptors (Lipinski definition) is 3. The molecule has 3 N–H and O–H groups in total. The Kier molecular flexibility index (Phi) is 4.63. The van der Waals surface area contributed by atoms with Crippen molar-refractivity contribution in [3.8, 4) is 0 Å². The van der Waals surface area contributed by atoms with Crippen LogP contribution in [0.1, 0.15) is 57.7 Å². The summed E-state index contributed by atoms with van der Waals surface area (Å²) in [6, 6.07) is 0. The van der Waals surface area contributed by atoms with Crippen molar-refractivity contribution in [2.75, 3.05) is 6.54 Å². The summed E-state index contributed by atoms with van der Waals surface area (Å²) in [5.41, 5.74) is 2.46. The van der Waals surface area contributed by atoms with Crippen molar-refractivity contribution in [3.63, 3.8) is 0 Å². The van der Waals surface area contributed by atoms with Crippen LogP contribution in [0.2, 0.25) is 0 Å². The zero-order chi connectivity index (χ0) is 13.9. The van der Waals surface area contributed by atoms with E-state index in [1.54, 1.807) is 0 Å². The first-order valence-electron chi connectivity index (χ1n) is 7.40. The molecule has 1 unspecified atom stereocenters. The van der Waals surface area contributed by atoms with E-state index in [0.717, 1.165) is 6.54 Å². The van der Waals surface area contributed by atoms with E-state index in [-0.39, 0.29) is 11.5 Å². The van der Waals surface area contributed by atoms with Gasteiger partial charge in [0.25, 0.3) is 0 Å². The van der Waals surface area contributed by atoms with Crippen molar-refractivity contribution in [1.82, 2.24) is 15.5 Å². The van der Waals surface area contributed by atoms with Crippen LogP contribution in [0, 0.1) is 5.92 Å². The van der Waals surface area contributed by atoms with Crippen molar-refractivity contribution < 1.29 is 5.11 Å². The zero-order valence-electron chi connectivity index (χ0n) is 12.4. The van der Waals surface area contributed by atoms with Gasteiger partial charge in [0.1, 0.15) is 0 Å². The predicted octanol–water partition coefficient (Wildman–Crippen LogP) is 2.35. The minimum Gasteiger partial charge on any atom is -0.392 e. The fourth-order valence-electron chi connectivity index (χ4n) is 2.96. The fraction of sp³-hybridized carbons (Fsp3) is 0.800. The number of aliphatic hydroxyl groups is 1. The Hall–Kier alpha value is -0.870. The van der Waals surface area contributed by atoms with E-state index in [2.05, 4.69) is 36.3 Å². The number of hydrogen-bond donors (Lipinski definition) is 3. The van der Waals surface area contributed by atoms with Crippen LogP contribution < -0.4 is 5.32 Å². The minimum absolute atomic E-state index is 0.0809. The third-order valence-corrected chi connectivity index (χ3v) is 4.08. The molecule has 0 radical (unpaired) electrons. The van der Waals surface area contributed by atoms with Gasteiger partial charge in [0, 0.05) is 29.8 Å². The van der Waals surface area contributed by atoms with Crippen LogP contribution in [0.4, 0.5) is 0 Å². The van der Waals surface area contributed by atoms with Gasteiger partial charge in [-0.05, 0) is 18.8 Å². The van der Waals surface area contributed by atoms with Crippen LogP contribution in [0.5, 0.6) is 0 Å². The second-order valence-electron chi connectivity index (χ2n) is 6.76. The molecule has 1 aromatic heterocycles. The summed E-state index contributed by atoms with van der Waals surface area (Å²) < 4.78 is 0. The third-order valence-electron chi connectivity index (χ3n) is 4.08. The van der Waals surface area contributed by atoms with Gasteiger partial charge >= 0.3 is 0 Å². The molecule has 0 saturated heterocycles. The molecule has 4 heteroatoms. The van der Waals surface area contributed by atoms with E-state index in [4.69, 9.17) is 0 Å². The first-order valence-corrected chi connectivity index (χ1v) is 7.40. The number of aromatic amines is 1. The summed E-state index contributed by atoms with van der Waals surface area (Å²) in [7, 11) is 0. The average Bonchev–Trinajstić information content (AvgIpc) is 2.98. The molecule has 108 valence electrons. The zero-order valence-corrected chi connectivity index (χ0v) is 12.4. The number of rotatable bonds is 5. The lowest BCUT2D eigenvalue weighted by Gasteiger charge is -2.20. The van der Waals surface area contributed by atoms with E-state index < -0.39 is 0 Å². The molecule has 1 aromatic rings. The van der Waals surface area contributed by atoms with Crippen molar-refractivity contribution >= 4 is 0 Å². The highest BCUT2D eigenvalue weighted by atomic mass is 16.3. The third kappa shape index (κ3) is 3.80. The Morgan fingerprint density at radius 3 is 2.74 bits per heavy atom. The quantitative estimate of drug-likeness (QED) is 0.766. The molecule has 4 nitrogen and oxygen atoms in total. The lowest BCUT2D eigenvalue weighted by atomic mass is 9.89. The molecule has 0 aliphatic heterocycles. The van der Waals surface area contributed by atoms with Gasteiger partial charge in [0.05, 0.1) is 12.3 Å². The SMILES string of the molecule is CC(C)(C)c1[nH]ncc1CNCC(O)C1CCCC1. The van der Waals surface area contributed by atoms with E-state index in [1.807, 2.05) is 6.20 Å². The van der Waals surface area contributed by atoms with Gasteiger partial charge in [-0.15, -0.1) is 0 Å². The Morgan fingerprint density at radius 1 is 1.42 bits per heavy atom. The topological polar surface area (TPSA) is 60.9 Å². The molecule has 1 aliphatic carbocycles. The lowest BCUT2D eigenvalue weighted by Crippen LogP contribution is -2.32. The second kappa shape index (κ2) is 6.06. The molecular weight excluding hydrogens is 238 g/mol. The van der Waals surface area contributed by atoms with E-state index >= 15 is 0 Å². The van der Waals surface area contributed by atoms with E-state index in [0.29, 0.717) is 12.5 Å². The molecule has 0 aromatic carbocycles. The largest absolute Gasteiger partial charge is 0.392 e. The molecule has 1 saturated carbocycles. The molecule has 0 spiro atoms.